The van der Waals surface area contributed by atoms with E-state index in [1.165, 1.54) is 26.4 Å². The maximum atomic E-state index is 12.6. The fourth-order valence-electron chi connectivity index (χ4n) is 5.95. The number of hydrogen-bond donors (Lipinski definition) is 1. The Balaban J connectivity index is 0.000000232. The second-order valence-corrected chi connectivity index (χ2v) is 15.0. The van der Waals surface area contributed by atoms with Crippen molar-refractivity contribution in [2.24, 2.45) is 0 Å². The van der Waals surface area contributed by atoms with Gasteiger partial charge in [0.1, 0.15) is 15.7 Å². The number of aromatic nitrogens is 6. The number of rotatable bonds is 11. The first kappa shape index (κ1) is 50.4. The average Bonchev–Trinajstić information content (AvgIpc) is 3.24. The van der Waals surface area contributed by atoms with Crippen LogP contribution in [-0.2, 0) is 0 Å². The van der Waals surface area contributed by atoms with E-state index in [0.29, 0.717) is 22.1 Å². The highest BCUT2D eigenvalue weighted by Crippen LogP contribution is 2.23. The topological polar surface area (TPSA) is 123 Å². The van der Waals surface area contributed by atoms with Crippen LogP contribution in [0.2, 0.25) is 20.1 Å². The van der Waals surface area contributed by atoms with E-state index >= 15 is 0 Å². The van der Waals surface area contributed by atoms with Crippen LogP contribution in [0.25, 0.3) is 17.1 Å². The molecule has 16 heteroatoms. The molecule has 3 aromatic heterocycles. The lowest BCUT2D eigenvalue weighted by atomic mass is 10.2. The Kier molecular flexibility index (Phi) is 20.7. The Labute approximate surface area is 378 Å². The standard InChI is InChI=1S/2C15H18ClN3O.C11H8Cl2N2O.C4H11N/c1-4-18(5-2)13-10-17-19(15(20)14(13)16)12-8-6-7-11(3)9-12;1-4-18(5-2)14-13(16)10-17-19(15(14)20)12-8-6-7-11(3)9-12;1-7-3-2-4-8(5-7)15-11(16)10(13)9(12)6-14-15;1-3-5-4-2/h2*6-10H,4-5H2,1-3H3;2-6H,1H3;5H,3-4H2,1-2H3. The van der Waals surface area contributed by atoms with Crippen molar-refractivity contribution in [3.05, 3.63) is 159 Å². The molecule has 0 radical (unpaired) electrons. The summed E-state index contributed by atoms with van der Waals surface area (Å²) >= 11 is 23.8. The SMILES string of the molecule is CCN(CC)c1c(Cl)cnn(-c2cccc(C)c2)c1=O.CCN(CC)c1cnn(-c2cccc(C)c2)c(=O)c1Cl.CCNCC.Cc1cccc(-n2ncc(Cl)c(Cl)c2=O)c1. The van der Waals surface area contributed by atoms with Gasteiger partial charge in [0, 0.05) is 26.2 Å². The van der Waals surface area contributed by atoms with Crippen LogP contribution in [0.15, 0.2) is 106 Å². The van der Waals surface area contributed by atoms with E-state index in [-0.39, 0.29) is 26.2 Å². The Hall–Kier alpha value is -4.98. The quantitative estimate of drug-likeness (QED) is 0.135. The van der Waals surface area contributed by atoms with Crippen molar-refractivity contribution in [3.8, 4) is 17.1 Å². The first-order chi connectivity index (χ1) is 29.2. The van der Waals surface area contributed by atoms with Gasteiger partial charge in [-0.1, -0.05) is 96.6 Å². The molecule has 0 fully saturated rings. The molecule has 1 N–H and O–H groups in total. The third-order valence-corrected chi connectivity index (χ3v) is 10.5. The molecule has 6 aromatic rings. The van der Waals surface area contributed by atoms with Crippen molar-refractivity contribution in [1.29, 1.82) is 0 Å². The lowest BCUT2D eigenvalue weighted by Crippen LogP contribution is -2.33. The second kappa shape index (κ2) is 25.1. The molecule has 0 atom stereocenters. The minimum absolute atomic E-state index is 0.0156. The van der Waals surface area contributed by atoms with Crippen LogP contribution in [0, 0.1) is 20.8 Å². The number of nitrogens with one attached hydrogen (secondary N) is 1. The first-order valence-corrected chi connectivity index (χ1v) is 21.6. The van der Waals surface area contributed by atoms with E-state index in [9.17, 15) is 14.4 Å². The molecule has 12 nitrogen and oxygen atoms in total. The van der Waals surface area contributed by atoms with Crippen molar-refractivity contribution in [3.63, 3.8) is 0 Å². The summed E-state index contributed by atoms with van der Waals surface area (Å²) in [6.45, 7) is 23.3. The summed E-state index contributed by atoms with van der Waals surface area (Å²) in [5, 5.41) is 16.2. The molecule has 0 saturated carbocycles. The fraction of sp³-hybridized carbons (Fsp3) is 0.333. The van der Waals surface area contributed by atoms with E-state index in [1.807, 2.05) is 125 Å². The predicted molar refractivity (Wildman–Crippen MR) is 255 cm³/mol. The molecule has 0 saturated heterocycles. The summed E-state index contributed by atoms with van der Waals surface area (Å²) < 4.78 is 3.95. The average molecular weight is 912 g/mol. The van der Waals surface area contributed by atoms with Crippen molar-refractivity contribution in [2.45, 2.75) is 62.3 Å². The van der Waals surface area contributed by atoms with Gasteiger partial charge in [0.05, 0.1) is 51.4 Å². The van der Waals surface area contributed by atoms with Gasteiger partial charge in [-0.05, 0) is 115 Å². The Morgan fingerprint density at radius 2 is 0.885 bits per heavy atom. The van der Waals surface area contributed by atoms with Gasteiger partial charge >= 0.3 is 0 Å². The van der Waals surface area contributed by atoms with Crippen molar-refractivity contribution in [1.82, 2.24) is 34.7 Å². The summed E-state index contributed by atoms with van der Waals surface area (Å²) in [5.74, 6) is 0. The molecule has 61 heavy (non-hydrogen) atoms. The summed E-state index contributed by atoms with van der Waals surface area (Å²) in [7, 11) is 0. The normalized spacial score (nSPS) is 10.4. The van der Waals surface area contributed by atoms with E-state index < -0.39 is 5.56 Å². The largest absolute Gasteiger partial charge is 0.369 e. The number of aryl methyl sites for hydroxylation is 3. The zero-order valence-electron chi connectivity index (χ0n) is 36.2. The molecule has 0 unspecified atom stereocenters. The maximum Gasteiger partial charge on any atom is 0.296 e. The molecule has 3 heterocycles. The van der Waals surface area contributed by atoms with E-state index in [2.05, 4.69) is 34.5 Å². The predicted octanol–water partition coefficient (Wildman–Crippen LogP) is 9.54. The molecule has 6 rings (SSSR count). The summed E-state index contributed by atoms with van der Waals surface area (Å²) in [4.78, 5) is 40.8. The summed E-state index contributed by atoms with van der Waals surface area (Å²) in [6.07, 6.45) is 4.53. The van der Waals surface area contributed by atoms with Gasteiger partial charge in [0.25, 0.3) is 16.7 Å². The number of nitrogens with zero attached hydrogens (tertiary/aromatic N) is 8. The van der Waals surface area contributed by atoms with Crippen molar-refractivity contribution < 1.29 is 0 Å². The van der Waals surface area contributed by atoms with Crippen LogP contribution in [0.1, 0.15) is 58.2 Å². The second-order valence-electron chi connectivity index (χ2n) is 13.5. The number of halogens is 4. The zero-order chi connectivity index (χ0) is 45.2. The van der Waals surface area contributed by atoms with Crippen LogP contribution < -0.4 is 31.8 Å². The third-order valence-electron chi connectivity index (χ3n) is 9.11. The van der Waals surface area contributed by atoms with Gasteiger partial charge in [-0.25, -0.2) is 0 Å². The Bertz CT molecular complexity index is 2510. The summed E-state index contributed by atoms with van der Waals surface area (Å²) in [6, 6.07) is 22.7. The van der Waals surface area contributed by atoms with Crippen LogP contribution >= 0.6 is 46.4 Å². The van der Waals surface area contributed by atoms with Gasteiger partial charge in [-0.3, -0.25) is 14.4 Å². The number of benzene rings is 3. The lowest BCUT2D eigenvalue weighted by molar-refractivity contribution is 0.762. The number of hydrogen-bond acceptors (Lipinski definition) is 9. The maximum absolute atomic E-state index is 12.6. The Morgan fingerprint density at radius 1 is 0.508 bits per heavy atom. The van der Waals surface area contributed by atoms with Crippen molar-refractivity contribution >= 4 is 57.8 Å². The van der Waals surface area contributed by atoms with Gasteiger partial charge < -0.3 is 15.1 Å². The van der Waals surface area contributed by atoms with Gasteiger partial charge in [-0.2, -0.15) is 29.3 Å². The minimum Gasteiger partial charge on any atom is -0.369 e. The fourth-order valence-corrected chi connectivity index (χ4v) is 6.70. The smallest absolute Gasteiger partial charge is 0.296 e. The molecule has 0 spiro atoms. The van der Waals surface area contributed by atoms with E-state index in [0.717, 1.165) is 67.3 Å². The molecular weight excluding hydrogens is 856 g/mol. The van der Waals surface area contributed by atoms with Gasteiger partial charge in [0.15, 0.2) is 0 Å². The van der Waals surface area contributed by atoms with Crippen LogP contribution in [0.4, 0.5) is 11.4 Å². The zero-order valence-corrected chi connectivity index (χ0v) is 39.2. The molecule has 0 amide bonds. The van der Waals surface area contributed by atoms with Crippen molar-refractivity contribution in [2.75, 3.05) is 49.1 Å². The first-order valence-electron chi connectivity index (χ1n) is 20.1. The third kappa shape index (κ3) is 13.8. The highest BCUT2D eigenvalue weighted by Gasteiger charge is 2.17. The number of anilines is 2. The summed E-state index contributed by atoms with van der Waals surface area (Å²) in [5.41, 5.74) is 5.63. The van der Waals surface area contributed by atoms with E-state index in [1.54, 1.807) is 12.3 Å². The molecule has 3 aromatic carbocycles. The molecule has 0 bridgehead atoms. The van der Waals surface area contributed by atoms with Crippen LogP contribution in [0.3, 0.4) is 0 Å². The molecule has 0 aliphatic carbocycles. The van der Waals surface area contributed by atoms with Crippen LogP contribution in [-0.4, -0.2) is 68.6 Å². The molecule has 0 aliphatic rings. The monoisotopic (exact) mass is 909 g/mol. The van der Waals surface area contributed by atoms with Gasteiger partial charge in [0.2, 0.25) is 0 Å². The van der Waals surface area contributed by atoms with Crippen LogP contribution in [0.5, 0.6) is 0 Å². The molecular formula is C45H55Cl4N9O3. The minimum atomic E-state index is -0.417. The van der Waals surface area contributed by atoms with Gasteiger partial charge in [-0.15, -0.1) is 0 Å². The highest BCUT2D eigenvalue weighted by atomic mass is 35.5. The van der Waals surface area contributed by atoms with E-state index in [4.69, 9.17) is 46.4 Å². The lowest BCUT2D eigenvalue weighted by Gasteiger charge is -2.21. The molecule has 0 aliphatic heterocycles. The Morgan fingerprint density at radius 3 is 1.26 bits per heavy atom. The molecule has 326 valence electrons. The highest BCUT2D eigenvalue weighted by molar-refractivity contribution is 6.41.